The van der Waals surface area contributed by atoms with Crippen LogP contribution in [0.25, 0.3) is 0 Å². The van der Waals surface area contributed by atoms with Crippen LogP contribution in [0.1, 0.15) is 5.82 Å². The number of imidazole rings is 1. The Balaban J connectivity index is 1.61. The van der Waals surface area contributed by atoms with Gasteiger partial charge in [0, 0.05) is 44.0 Å². The average molecular weight is 222 g/mol. The predicted molar refractivity (Wildman–Crippen MR) is 59.8 cm³/mol. The molecule has 3 heterocycles. The summed E-state index contributed by atoms with van der Waals surface area (Å²) in [7, 11) is 0. The standard InChI is InChI=1S/C11H18N4O/c12-10-8-16-7-9(10)5-14-3-4-15-2-1-13-11(15)6-14/h1-2,9-10H,3-8,12H2. The lowest BCUT2D eigenvalue weighted by Crippen LogP contribution is -2.41. The van der Waals surface area contributed by atoms with E-state index in [0.29, 0.717) is 12.5 Å². The summed E-state index contributed by atoms with van der Waals surface area (Å²) in [4.78, 5) is 6.79. The second kappa shape index (κ2) is 4.16. The van der Waals surface area contributed by atoms with Crippen LogP contribution in [0, 0.1) is 5.92 Å². The maximum atomic E-state index is 6.00. The minimum absolute atomic E-state index is 0.210. The monoisotopic (exact) mass is 222 g/mol. The van der Waals surface area contributed by atoms with E-state index in [1.807, 2.05) is 6.20 Å². The SMILES string of the molecule is NC1COCC1CN1CCn2ccnc2C1. The molecular formula is C11H18N4O. The van der Waals surface area contributed by atoms with Crippen molar-refractivity contribution in [2.24, 2.45) is 11.7 Å². The van der Waals surface area contributed by atoms with Gasteiger partial charge in [-0.3, -0.25) is 4.90 Å². The lowest BCUT2D eigenvalue weighted by atomic mass is 10.0. The quantitative estimate of drug-likeness (QED) is 0.744. The van der Waals surface area contributed by atoms with E-state index in [9.17, 15) is 0 Å². The van der Waals surface area contributed by atoms with Gasteiger partial charge in [0.2, 0.25) is 0 Å². The largest absolute Gasteiger partial charge is 0.379 e. The van der Waals surface area contributed by atoms with Gasteiger partial charge in [0.25, 0.3) is 0 Å². The fourth-order valence-corrected chi connectivity index (χ4v) is 2.51. The van der Waals surface area contributed by atoms with Crippen LogP contribution in [-0.4, -0.2) is 46.8 Å². The van der Waals surface area contributed by atoms with Crippen LogP contribution < -0.4 is 5.73 Å². The summed E-state index contributed by atoms with van der Waals surface area (Å²) in [6, 6.07) is 0.210. The molecule has 16 heavy (non-hydrogen) atoms. The molecule has 0 saturated carbocycles. The third-order valence-electron chi connectivity index (χ3n) is 3.56. The normalized spacial score (nSPS) is 30.6. The van der Waals surface area contributed by atoms with E-state index in [1.165, 1.54) is 5.82 Å². The van der Waals surface area contributed by atoms with Crippen LogP contribution in [-0.2, 0) is 17.8 Å². The number of ether oxygens (including phenoxy) is 1. The van der Waals surface area contributed by atoms with Crippen LogP contribution in [0.15, 0.2) is 12.4 Å². The molecule has 1 aromatic rings. The van der Waals surface area contributed by atoms with Gasteiger partial charge in [-0.1, -0.05) is 0 Å². The van der Waals surface area contributed by atoms with Gasteiger partial charge in [0.15, 0.2) is 0 Å². The Morgan fingerprint density at radius 3 is 3.19 bits per heavy atom. The fourth-order valence-electron chi connectivity index (χ4n) is 2.51. The van der Waals surface area contributed by atoms with Gasteiger partial charge in [-0.25, -0.2) is 4.98 Å². The second-order valence-electron chi connectivity index (χ2n) is 4.73. The van der Waals surface area contributed by atoms with Crippen LogP contribution in [0.2, 0.25) is 0 Å². The van der Waals surface area contributed by atoms with Crippen molar-refractivity contribution in [1.82, 2.24) is 14.5 Å². The molecule has 0 aromatic carbocycles. The van der Waals surface area contributed by atoms with Crippen molar-refractivity contribution in [2.75, 3.05) is 26.3 Å². The second-order valence-corrected chi connectivity index (χ2v) is 4.73. The van der Waals surface area contributed by atoms with E-state index < -0.39 is 0 Å². The van der Waals surface area contributed by atoms with Crippen LogP contribution in [0.4, 0.5) is 0 Å². The highest BCUT2D eigenvalue weighted by atomic mass is 16.5. The molecule has 2 aliphatic rings. The first-order valence-corrected chi connectivity index (χ1v) is 5.88. The first-order valence-electron chi connectivity index (χ1n) is 5.88. The van der Waals surface area contributed by atoms with Crippen molar-refractivity contribution in [2.45, 2.75) is 19.1 Å². The third-order valence-corrected chi connectivity index (χ3v) is 3.56. The van der Waals surface area contributed by atoms with Gasteiger partial charge in [-0.2, -0.15) is 0 Å². The van der Waals surface area contributed by atoms with Crippen LogP contribution in [0.3, 0.4) is 0 Å². The predicted octanol–water partition coefficient (Wildman–Crippen LogP) is -0.328. The lowest BCUT2D eigenvalue weighted by molar-refractivity contribution is 0.152. The first kappa shape index (κ1) is 10.3. The molecule has 2 aliphatic heterocycles. The maximum absolute atomic E-state index is 6.00. The van der Waals surface area contributed by atoms with Crippen LogP contribution >= 0.6 is 0 Å². The number of fused-ring (bicyclic) bond motifs is 1. The van der Waals surface area contributed by atoms with E-state index in [2.05, 4.69) is 20.6 Å². The number of hydrogen-bond donors (Lipinski definition) is 1. The Bertz CT molecular complexity index is 365. The highest BCUT2D eigenvalue weighted by molar-refractivity contribution is 4.96. The Kier molecular flexibility index (Phi) is 2.67. The van der Waals surface area contributed by atoms with E-state index in [1.54, 1.807) is 0 Å². The molecule has 0 bridgehead atoms. The molecule has 2 atom stereocenters. The molecule has 88 valence electrons. The summed E-state index contributed by atoms with van der Waals surface area (Å²) in [6.45, 7) is 5.63. The summed E-state index contributed by atoms with van der Waals surface area (Å²) < 4.78 is 7.62. The van der Waals surface area contributed by atoms with Crippen LogP contribution in [0.5, 0.6) is 0 Å². The summed E-state index contributed by atoms with van der Waals surface area (Å²) >= 11 is 0. The summed E-state index contributed by atoms with van der Waals surface area (Å²) in [6.07, 6.45) is 3.93. The Morgan fingerprint density at radius 1 is 1.44 bits per heavy atom. The topological polar surface area (TPSA) is 56.3 Å². The smallest absolute Gasteiger partial charge is 0.122 e. The van der Waals surface area contributed by atoms with Crippen molar-refractivity contribution in [3.05, 3.63) is 18.2 Å². The van der Waals surface area contributed by atoms with E-state index >= 15 is 0 Å². The number of rotatable bonds is 2. The highest BCUT2D eigenvalue weighted by Gasteiger charge is 2.28. The highest BCUT2D eigenvalue weighted by Crippen LogP contribution is 2.17. The Hall–Kier alpha value is -0.910. The van der Waals surface area contributed by atoms with Gasteiger partial charge in [-0.05, 0) is 0 Å². The summed E-state index contributed by atoms with van der Waals surface area (Å²) in [5.41, 5.74) is 6.00. The molecule has 5 heteroatoms. The number of aromatic nitrogens is 2. The van der Waals surface area contributed by atoms with E-state index in [0.717, 1.165) is 32.8 Å². The van der Waals surface area contributed by atoms with Crippen molar-refractivity contribution in [3.63, 3.8) is 0 Å². The number of hydrogen-bond acceptors (Lipinski definition) is 4. The minimum Gasteiger partial charge on any atom is -0.379 e. The molecule has 3 rings (SSSR count). The van der Waals surface area contributed by atoms with Gasteiger partial charge in [0.05, 0.1) is 19.8 Å². The van der Waals surface area contributed by atoms with E-state index in [-0.39, 0.29) is 6.04 Å². The lowest BCUT2D eigenvalue weighted by Gasteiger charge is -2.30. The Labute approximate surface area is 95.2 Å². The van der Waals surface area contributed by atoms with E-state index in [4.69, 9.17) is 10.5 Å². The molecule has 1 saturated heterocycles. The first-order chi connectivity index (χ1) is 7.83. The number of nitrogens with two attached hydrogens (primary N) is 1. The van der Waals surface area contributed by atoms with Crippen molar-refractivity contribution in [3.8, 4) is 0 Å². The van der Waals surface area contributed by atoms with Crippen molar-refractivity contribution >= 4 is 0 Å². The molecule has 0 aliphatic carbocycles. The van der Waals surface area contributed by atoms with Crippen molar-refractivity contribution in [1.29, 1.82) is 0 Å². The maximum Gasteiger partial charge on any atom is 0.122 e. The zero-order valence-electron chi connectivity index (χ0n) is 9.38. The zero-order valence-corrected chi connectivity index (χ0v) is 9.38. The Morgan fingerprint density at radius 2 is 2.38 bits per heavy atom. The molecule has 5 nitrogen and oxygen atoms in total. The molecule has 0 radical (unpaired) electrons. The average Bonchev–Trinajstić information content (AvgIpc) is 2.88. The van der Waals surface area contributed by atoms with Crippen molar-refractivity contribution < 1.29 is 4.74 Å². The summed E-state index contributed by atoms with van der Waals surface area (Å²) in [5.74, 6) is 1.65. The van der Waals surface area contributed by atoms with Gasteiger partial charge >= 0.3 is 0 Å². The molecular weight excluding hydrogens is 204 g/mol. The third kappa shape index (κ3) is 1.86. The zero-order chi connectivity index (χ0) is 11.0. The molecule has 0 amide bonds. The fraction of sp³-hybridized carbons (Fsp3) is 0.727. The summed E-state index contributed by atoms with van der Waals surface area (Å²) in [5, 5.41) is 0. The molecule has 1 aromatic heterocycles. The van der Waals surface area contributed by atoms with Gasteiger partial charge in [-0.15, -0.1) is 0 Å². The molecule has 2 unspecified atom stereocenters. The molecule has 0 spiro atoms. The van der Waals surface area contributed by atoms with Gasteiger partial charge < -0.3 is 15.0 Å². The minimum atomic E-state index is 0.210. The number of nitrogens with zero attached hydrogens (tertiary/aromatic N) is 3. The van der Waals surface area contributed by atoms with Gasteiger partial charge in [0.1, 0.15) is 5.82 Å². The molecule has 1 fully saturated rings. The molecule has 2 N–H and O–H groups in total.